The van der Waals surface area contributed by atoms with Gasteiger partial charge in [0.25, 0.3) is 0 Å². The van der Waals surface area contributed by atoms with Gasteiger partial charge in [0, 0.05) is 5.56 Å². The summed E-state index contributed by atoms with van der Waals surface area (Å²) in [5, 5.41) is 4.60. The van der Waals surface area contributed by atoms with E-state index in [2.05, 4.69) is 71.6 Å². The molecule has 0 aliphatic heterocycles. The van der Waals surface area contributed by atoms with Crippen LogP contribution in [0.25, 0.3) is 22.6 Å². The van der Waals surface area contributed by atoms with E-state index in [1.54, 1.807) is 0 Å². The monoisotopic (exact) mass is 315 g/mol. The number of hydrogen-bond donors (Lipinski definition) is 0. The zero-order chi connectivity index (χ0) is 16.9. The number of hydrogen-bond acceptors (Lipinski definition) is 2. The van der Waals surface area contributed by atoms with Crippen LogP contribution in [0.5, 0.6) is 0 Å². The molecule has 0 spiro atoms. The van der Waals surface area contributed by atoms with Crippen LogP contribution in [-0.4, -0.2) is 14.8 Å². The van der Waals surface area contributed by atoms with Crippen molar-refractivity contribution in [3.8, 4) is 17.1 Å². The molecule has 0 fully saturated rings. The van der Waals surface area contributed by atoms with Crippen LogP contribution in [0.4, 0.5) is 0 Å². The molecule has 0 aliphatic rings. The maximum atomic E-state index is 4.61. The Morgan fingerprint density at radius 3 is 2.50 bits per heavy atom. The molecular formula is C21H21N3. The summed E-state index contributed by atoms with van der Waals surface area (Å²) < 4.78 is 1.91. The van der Waals surface area contributed by atoms with Gasteiger partial charge >= 0.3 is 0 Å². The maximum Gasteiger partial charge on any atom is 0.163 e. The Morgan fingerprint density at radius 2 is 1.79 bits per heavy atom. The standard InChI is InChI=1S/C21H21N3/c1-4-10-17(5-2)19-13-9-14-20(15-19)24-21(22-16(3)23-24)18-11-7-6-8-12-18/h4-15H,1-3H3. The van der Waals surface area contributed by atoms with E-state index >= 15 is 0 Å². The summed E-state index contributed by atoms with van der Waals surface area (Å²) in [6.07, 6.45) is 6.28. The molecular weight excluding hydrogens is 294 g/mol. The van der Waals surface area contributed by atoms with Crippen molar-refractivity contribution < 1.29 is 0 Å². The average molecular weight is 315 g/mol. The van der Waals surface area contributed by atoms with Crippen molar-refractivity contribution >= 4 is 5.57 Å². The Labute approximate surface area is 143 Å². The topological polar surface area (TPSA) is 30.7 Å². The van der Waals surface area contributed by atoms with Gasteiger partial charge in [0.1, 0.15) is 5.82 Å². The Hall–Kier alpha value is -2.94. The zero-order valence-electron chi connectivity index (χ0n) is 14.3. The molecule has 120 valence electrons. The van der Waals surface area contributed by atoms with Gasteiger partial charge in [0.05, 0.1) is 5.69 Å². The van der Waals surface area contributed by atoms with Crippen molar-refractivity contribution in [1.82, 2.24) is 14.8 Å². The highest BCUT2D eigenvalue weighted by atomic mass is 15.3. The lowest BCUT2D eigenvalue weighted by Crippen LogP contribution is -2.00. The highest BCUT2D eigenvalue weighted by Gasteiger charge is 2.12. The normalized spacial score (nSPS) is 12.0. The number of aryl methyl sites for hydroxylation is 1. The SMILES string of the molecule is CC=CC(=CC)c1cccc(-n2nc(C)nc2-c2ccccc2)c1. The van der Waals surface area contributed by atoms with Crippen molar-refractivity contribution in [2.75, 3.05) is 0 Å². The lowest BCUT2D eigenvalue weighted by molar-refractivity contribution is 0.869. The third-order valence-electron chi connectivity index (χ3n) is 3.83. The van der Waals surface area contributed by atoms with Gasteiger partial charge in [-0.3, -0.25) is 0 Å². The highest BCUT2D eigenvalue weighted by molar-refractivity contribution is 5.75. The van der Waals surface area contributed by atoms with Gasteiger partial charge in [-0.15, -0.1) is 0 Å². The molecule has 3 aromatic rings. The fraction of sp³-hybridized carbons (Fsp3) is 0.143. The predicted molar refractivity (Wildman–Crippen MR) is 100.0 cm³/mol. The molecule has 24 heavy (non-hydrogen) atoms. The lowest BCUT2D eigenvalue weighted by atomic mass is 10.0. The van der Waals surface area contributed by atoms with E-state index in [0.717, 1.165) is 22.9 Å². The molecule has 3 rings (SSSR count). The first-order valence-corrected chi connectivity index (χ1v) is 8.12. The Balaban J connectivity index is 2.11. The second-order valence-electron chi connectivity index (χ2n) is 5.55. The maximum absolute atomic E-state index is 4.61. The number of allylic oxidation sites excluding steroid dienone is 4. The molecule has 0 unspecified atom stereocenters. The first-order chi connectivity index (χ1) is 11.7. The molecule has 3 heteroatoms. The van der Waals surface area contributed by atoms with Crippen LogP contribution in [0.15, 0.2) is 72.8 Å². The van der Waals surface area contributed by atoms with E-state index < -0.39 is 0 Å². The summed E-state index contributed by atoms with van der Waals surface area (Å²) in [6.45, 7) is 6.00. The first-order valence-electron chi connectivity index (χ1n) is 8.12. The van der Waals surface area contributed by atoms with Crippen LogP contribution < -0.4 is 0 Å². The average Bonchev–Trinajstić information content (AvgIpc) is 3.02. The molecule has 0 radical (unpaired) electrons. The largest absolute Gasteiger partial charge is 0.213 e. The third kappa shape index (κ3) is 3.20. The van der Waals surface area contributed by atoms with Crippen LogP contribution in [0, 0.1) is 6.92 Å². The minimum atomic E-state index is 0.763. The predicted octanol–water partition coefficient (Wildman–Crippen LogP) is 5.22. The van der Waals surface area contributed by atoms with E-state index in [1.807, 2.05) is 36.7 Å². The van der Waals surface area contributed by atoms with Crippen molar-refractivity contribution in [3.63, 3.8) is 0 Å². The molecule has 1 heterocycles. The fourth-order valence-corrected chi connectivity index (χ4v) is 2.73. The van der Waals surface area contributed by atoms with Crippen LogP contribution in [-0.2, 0) is 0 Å². The minimum Gasteiger partial charge on any atom is -0.213 e. The molecule has 3 nitrogen and oxygen atoms in total. The van der Waals surface area contributed by atoms with Crippen molar-refractivity contribution in [3.05, 3.63) is 84.2 Å². The summed E-state index contributed by atoms with van der Waals surface area (Å²) in [5.41, 5.74) is 4.43. The van der Waals surface area contributed by atoms with E-state index in [1.165, 1.54) is 11.1 Å². The van der Waals surface area contributed by atoms with Gasteiger partial charge in [-0.1, -0.05) is 60.7 Å². The third-order valence-corrected chi connectivity index (χ3v) is 3.83. The quantitative estimate of drug-likeness (QED) is 0.618. The molecule has 0 atom stereocenters. The van der Waals surface area contributed by atoms with Crippen LogP contribution >= 0.6 is 0 Å². The van der Waals surface area contributed by atoms with E-state index in [-0.39, 0.29) is 0 Å². The van der Waals surface area contributed by atoms with Gasteiger partial charge < -0.3 is 0 Å². The second kappa shape index (κ2) is 7.09. The lowest BCUT2D eigenvalue weighted by Gasteiger charge is -2.09. The number of benzene rings is 2. The number of aromatic nitrogens is 3. The van der Waals surface area contributed by atoms with Crippen LogP contribution in [0.1, 0.15) is 25.2 Å². The summed E-state index contributed by atoms with van der Waals surface area (Å²) in [5.74, 6) is 1.62. The molecule has 2 aromatic carbocycles. The van der Waals surface area contributed by atoms with Gasteiger partial charge in [0.15, 0.2) is 5.82 Å². The van der Waals surface area contributed by atoms with Crippen molar-refractivity contribution in [1.29, 1.82) is 0 Å². The molecule has 0 saturated carbocycles. The van der Waals surface area contributed by atoms with Gasteiger partial charge in [0.2, 0.25) is 0 Å². The van der Waals surface area contributed by atoms with Gasteiger partial charge in [-0.2, -0.15) is 5.10 Å². The number of nitrogens with zero attached hydrogens (tertiary/aromatic N) is 3. The van der Waals surface area contributed by atoms with Crippen LogP contribution in [0.2, 0.25) is 0 Å². The summed E-state index contributed by atoms with van der Waals surface area (Å²) in [6, 6.07) is 18.5. The van der Waals surface area contributed by atoms with E-state index in [0.29, 0.717) is 0 Å². The van der Waals surface area contributed by atoms with E-state index in [9.17, 15) is 0 Å². The van der Waals surface area contributed by atoms with Crippen LogP contribution in [0.3, 0.4) is 0 Å². The zero-order valence-corrected chi connectivity index (χ0v) is 14.3. The summed E-state index contributed by atoms with van der Waals surface area (Å²) in [7, 11) is 0. The highest BCUT2D eigenvalue weighted by Crippen LogP contribution is 2.24. The number of rotatable bonds is 4. The molecule has 0 amide bonds. The van der Waals surface area contributed by atoms with E-state index in [4.69, 9.17) is 0 Å². The Bertz CT molecular complexity index is 886. The molecule has 0 saturated heterocycles. The van der Waals surface area contributed by atoms with Crippen molar-refractivity contribution in [2.45, 2.75) is 20.8 Å². The van der Waals surface area contributed by atoms with Gasteiger partial charge in [-0.05, 0) is 44.0 Å². The second-order valence-corrected chi connectivity index (χ2v) is 5.55. The first kappa shape index (κ1) is 15.9. The Kier molecular flexibility index (Phi) is 4.71. The van der Waals surface area contributed by atoms with Crippen molar-refractivity contribution in [2.24, 2.45) is 0 Å². The molecule has 0 bridgehead atoms. The Morgan fingerprint density at radius 1 is 1.00 bits per heavy atom. The smallest absolute Gasteiger partial charge is 0.163 e. The summed E-state index contributed by atoms with van der Waals surface area (Å²) >= 11 is 0. The molecule has 0 aliphatic carbocycles. The van der Waals surface area contributed by atoms with Gasteiger partial charge in [-0.25, -0.2) is 9.67 Å². The fourth-order valence-electron chi connectivity index (χ4n) is 2.73. The molecule has 0 N–H and O–H groups in total. The summed E-state index contributed by atoms with van der Waals surface area (Å²) in [4.78, 5) is 4.61. The molecule has 1 aromatic heterocycles. The minimum absolute atomic E-state index is 0.763.